The van der Waals surface area contributed by atoms with Crippen LogP contribution in [0.4, 0.5) is 5.69 Å². The fourth-order valence-corrected chi connectivity index (χ4v) is 3.59. The molecule has 0 bridgehead atoms. The predicted octanol–water partition coefficient (Wildman–Crippen LogP) is 4.43. The first-order chi connectivity index (χ1) is 9.65. The molecule has 0 radical (unpaired) electrons. The highest BCUT2D eigenvalue weighted by Crippen LogP contribution is 2.41. The summed E-state index contributed by atoms with van der Waals surface area (Å²) >= 11 is 7.58. The number of hydrogen-bond donors (Lipinski definition) is 0. The summed E-state index contributed by atoms with van der Waals surface area (Å²) in [6, 6.07) is 15.8. The highest BCUT2D eigenvalue weighted by Gasteiger charge is 2.33. The van der Waals surface area contributed by atoms with Crippen molar-refractivity contribution >= 4 is 35.0 Å². The molecule has 0 aromatic heterocycles. The number of thioether (sulfide) groups is 1. The Labute approximate surface area is 127 Å². The van der Waals surface area contributed by atoms with Crippen molar-refractivity contribution in [3.63, 3.8) is 0 Å². The molecular weight excluding hydrogens is 290 g/mol. The first-order valence-electron chi connectivity index (χ1n) is 6.41. The largest absolute Gasteiger partial charge is 0.295 e. The van der Waals surface area contributed by atoms with Gasteiger partial charge in [0, 0.05) is 10.7 Å². The lowest BCUT2D eigenvalue weighted by Crippen LogP contribution is -2.27. The highest BCUT2D eigenvalue weighted by molar-refractivity contribution is 8.00. The van der Waals surface area contributed by atoms with E-state index in [-0.39, 0.29) is 11.3 Å². The molecular formula is C16H14ClNOS. The Balaban J connectivity index is 1.96. The lowest BCUT2D eigenvalue weighted by atomic mass is 10.1. The van der Waals surface area contributed by atoms with Crippen molar-refractivity contribution in [2.24, 2.45) is 0 Å². The maximum Gasteiger partial charge on any atom is 0.238 e. The molecule has 1 aliphatic heterocycles. The summed E-state index contributed by atoms with van der Waals surface area (Å²) < 4.78 is 0. The molecule has 0 spiro atoms. The summed E-state index contributed by atoms with van der Waals surface area (Å²) in [5, 5.41) is 0.743. The topological polar surface area (TPSA) is 20.3 Å². The van der Waals surface area contributed by atoms with Gasteiger partial charge in [0.25, 0.3) is 0 Å². The molecule has 1 heterocycles. The third-order valence-corrected chi connectivity index (χ3v) is 4.80. The van der Waals surface area contributed by atoms with Gasteiger partial charge in [-0.2, -0.15) is 0 Å². The molecule has 1 atom stereocenters. The molecule has 2 nitrogen and oxygen atoms in total. The van der Waals surface area contributed by atoms with E-state index in [0.717, 1.165) is 11.3 Å². The molecule has 2 aromatic carbocycles. The SMILES string of the molecule is Cc1ccc(N2C(=O)CS[C@H]2c2ccc(Cl)cc2)cc1. The molecule has 0 unspecified atom stereocenters. The van der Waals surface area contributed by atoms with Crippen LogP contribution in [0.5, 0.6) is 0 Å². The lowest BCUT2D eigenvalue weighted by molar-refractivity contribution is -0.115. The number of hydrogen-bond acceptors (Lipinski definition) is 2. The van der Waals surface area contributed by atoms with Crippen molar-refractivity contribution < 1.29 is 4.79 Å². The van der Waals surface area contributed by atoms with Crippen molar-refractivity contribution in [1.82, 2.24) is 0 Å². The number of aryl methyl sites for hydroxylation is 1. The number of rotatable bonds is 2. The predicted molar refractivity (Wildman–Crippen MR) is 85.3 cm³/mol. The van der Waals surface area contributed by atoms with E-state index in [1.165, 1.54) is 5.56 Å². The van der Waals surface area contributed by atoms with Gasteiger partial charge in [-0.1, -0.05) is 41.4 Å². The Hall–Kier alpha value is -1.45. The number of anilines is 1. The lowest BCUT2D eigenvalue weighted by Gasteiger charge is -2.24. The van der Waals surface area contributed by atoms with Gasteiger partial charge in [0.05, 0.1) is 5.75 Å². The molecule has 1 fully saturated rings. The molecule has 102 valence electrons. The molecule has 20 heavy (non-hydrogen) atoms. The molecule has 0 N–H and O–H groups in total. The quantitative estimate of drug-likeness (QED) is 0.818. The number of halogens is 1. The molecule has 0 saturated carbocycles. The minimum Gasteiger partial charge on any atom is -0.295 e. The zero-order valence-electron chi connectivity index (χ0n) is 11.0. The minimum absolute atomic E-state index is 0.0301. The maximum atomic E-state index is 12.2. The van der Waals surface area contributed by atoms with Gasteiger partial charge in [-0.05, 0) is 36.8 Å². The van der Waals surface area contributed by atoms with E-state index in [1.807, 2.05) is 60.4 Å². The standard InChI is InChI=1S/C16H14ClNOS/c1-11-2-8-14(9-3-11)18-15(19)10-20-16(18)12-4-6-13(17)7-5-12/h2-9,16H,10H2,1H3/t16-/m0/s1. The summed E-state index contributed by atoms with van der Waals surface area (Å²) in [5.74, 6) is 0.667. The molecule has 4 heteroatoms. The summed E-state index contributed by atoms with van der Waals surface area (Å²) in [7, 11) is 0. The van der Waals surface area contributed by atoms with Crippen molar-refractivity contribution in [2.75, 3.05) is 10.7 Å². The smallest absolute Gasteiger partial charge is 0.238 e. The molecule has 0 aliphatic carbocycles. The summed E-state index contributed by atoms with van der Waals surface area (Å²) in [6.45, 7) is 2.04. The number of nitrogens with zero attached hydrogens (tertiary/aromatic N) is 1. The first-order valence-corrected chi connectivity index (χ1v) is 7.83. The average molecular weight is 304 g/mol. The van der Waals surface area contributed by atoms with Gasteiger partial charge in [-0.3, -0.25) is 9.69 Å². The molecule has 1 saturated heterocycles. The monoisotopic (exact) mass is 303 g/mol. The Morgan fingerprint density at radius 2 is 1.75 bits per heavy atom. The Kier molecular flexibility index (Phi) is 3.72. The van der Waals surface area contributed by atoms with Crippen LogP contribution in [0.2, 0.25) is 5.02 Å². The Bertz CT molecular complexity index is 624. The van der Waals surface area contributed by atoms with Crippen LogP contribution >= 0.6 is 23.4 Å². The molecule has 3 rings (SSSR count). The van der Waals surface area contributed by atoms with Crippen molar-refractivity contribution in [3.8, 4) is 0 Å². The summed E-state index contributed by atoms with van der Waals surface area (Å²) in [6.07, 6.45) is 0. The number of amides is 1. The zero-order valence-corrected chi connectivity index (χ0v) is 12.6. The van der Waals surface area contributed by atoms with E-state index in [0.29, 0.717) is 10.8 Å². The zero-order chi connectivity index (χ0) is 14.1. The van der Waals surface area contributed by atoms with Gasteiger partial charge in [0.15, 0.2) is 0 Å². The number of benzene rings is 2. The Morgan fingerprint density at radius 3 is 2.40 bits per heavy atom. The van der Waals surface area contributed by atoms with E-state index >= 15 is 0 Å². The second kappa shape index (κ2) is 5.51. The van der Waals surface area contributed by atoms with E-state index in [2.05, 4.69) is 0 Å². The first kappa shape index (κ1) is 13.5. The van der Waals surface area contributed by atoms with E-state index in [4.69, 9.17) is 11.6 Å². The maximum absolute atomic E-state index is 12.2. The van der Waals surface area contributed by atoms with E-state index < -0.39 is 0 Å². The molecule has 1 amide bonds. The Morgan fingerprint density at radius 1 is 1.10 bits per heavy atom. The minimum atomic E-state index is 0.0301. The normalized spacial score (nSPS) is 18.6. The second-order valence-electron chi connectivity index (χ2n) is 4.81. The number of carbonyl (C=O) groups is 1. The van der Waals surface area contributed by atoms with Crippen LogP contribution in [-0.4, -0.2) is 11.7 Å². The third kappa shape index (κ3) is 2.56. The van der Waals surface area contributed by atoms with Crippen LogP contribution in [-0.2, 0) is 4.79 Å². The van der Waals surface area contributed by atoms with Gasteiger partial charge in [0.1, 0.15) is 5.37 Å². The average Bonchev–Trinajstić information content (AvgIpc) is 2.83. The van der Waals surface area contributed by atoms with Crippen LogP contribution in [0.15, 0.2) is 48.5 Å². The highest BCUT2D eigenvalue weighted by atomic mass is 35.5. The fraction of sp³-hybridized carbons (Fsp3) is 0.188. The van der Waals surface area contributed by atoms with E-state index in [1.54, 1.807) is 11.8 Å². The number of carbonyl (C=O) groups excluding carboxylic acids is 1. The molecule has 1 aliphatic rings. The summed E-state index contributed by atoms with van der Waals surface area (Å²) in [5.41, 5.74) is 3.24. The van der Waals surface area contributed by atoms with E-state index in [9.17, 15) is 4.79 Å². The van der Waals surface area contributed by atoms with Gasteiger partial charge in [-0.15, -0.1) is 11.8 Å². The van der Waals surface area contributed by atoms with Gasteiger partial charge >= 0.3 is 0 Å². The second-order valence-corrected chi connectivity index (χ2v) is 6.32. The van der Waals surface area contributed by atoms with Crippen LogP contribution in [0.3, 0.4) is 0 Å². The van der Waals surface area contributed by atoms with Crippen molar-refractivity contribution in [1.29, 1.82) is 0 Å². The van der Waals surface area contributed by atoms with Crippen molar-refractivity contribution in [2.45, 2.75) is 12.3 Å². The van der Waals surface area contributed by atoms with Crippen LogP contribution in [0.1, 0.15) is 16.5 Å². The van der Waals surface area contributed by atoms with Crippen LogP contribution in [0.25, 0.3) is 0 Å². The fourth-order valence-electron chi connectivity index (χ4n) is 2.28. The third-order valence-electron chi connectivity index (χ3n) is 3.34. The van der Waals surface area contributed by atoms with Crippen LogP contribution < -0.4 is 4.90 Å². The van der Waals surface area contributed by atoms with Crippen molar-refractivity contribution in [3.05, 3.63) is 64.7 Å². The summed E-state index contributed by atoms with van der Waals surface area (Å²) in [4.78, 5) is 14.1. The van der Waals surface area contributed by atoms with Gasteiger partial charge in [-0.25, -0.2) is 0 Å². The van der Waals surface area contributed by atoms with Gasteiger partial charge < -0.3 is 0 Å². The van der Waals surface area contributed by atoms with Crippen LogP contribution in [0, 0.1) is 6.92 Å². The van der Waals surface area contributed by atoms with Gasteiger partial charge in [0.2, 0.25) is 5.91 Å². The molecule has 2 aromatic rings.